The first-order valence-electron chi connectivity index (χ1n) is 11.3. The van der Waals surface area contributed by atoms with E-state index < -0.39 is 17.7 Å². The second kappa shape index (κ2) is 8.71. The van der Waals surface area contributed by atoms with Crippen LogP contribution in [0.5, 0.6) is 5.75 Å². The summed E-state index contributed by atoms with van der Waals surface area (Å²) >= 11 is 0. The fraction of sp³-hybridized carbons (Fsp3) is 0.259. The number of carbonyl (C=O) groups excluding carboxylic acids is 2. The fourth-order valence-corrected chi connectivity index (χ4v) is 4.81. The molecule has 3 aromatic carbocycles. The number of nitrogens with one attached hydrogen (secondary N) is 1. The SMILES string of the molecule is O=C1NC2(CCCc3ccccc32)C(=O)N1CC(O)COc1ccc(-c2ccccc2)cc1. The zero-order valence-electron chi connectivity index (χ0n) is 18.2. The summed E-state index contributed by atoms with van der Waals surface area (Å²) in [7, 11) is 0. The normalized spacial score (nSPS) is 20.5. The van der Waals surface area contributed by atoms with Crippen molar-refractivity contribution in [2.75, 3.05) is 13.2 Å². The summed E-state index contributed by atoms with van der Waals surface area (Å²) in [5.41, 5.74) is 3.10. The maximum Gasteiger partial charge on any atom is 0.325 e. The Morgan fingerprint density at radius 1 is 0.939 bits per heavy atom. The third-order valence-corrected chi connectivity index (χ3v) is 6.45. The molecule has 1 saturated heterocycles. The minimum atomic E-state index is -1.03. The Kier molecular flexibility index (Phi) is 5.60. The first-order valence-corrected chi connectivity index (χ1v) is 11.3. The van der Waals surface area contributed by atoms with Gasteiger partial charge < -0.3 is 15.2 Å². The summed E-state index contributed by atoms with van der Waals surface area (Å²) in [5, 5.41) is 13.4. The Labute approximate surface area is 192 Å². The number of urea groups is 1. The number of rotatable bonds is 6. The van der Waals surface area contributed by atoms with Gasteiger partial charge in [0.25, 0.3) is 5.91 Å². The molecule has 33 heavy (non-hydrogen) atoms. The number of fused-ring (bicyclic) bond motifs is 2. The number of aliphatic hydroxyl groups is 1. The van der Waals surface area contributed by atoms with Gasteiger partial charge >= 0.3 is 6.03 Å². The van der Waals surface area contributed by atoms with E-state index in [0.717, 1.165) is 40.0 Å². The van der Waals surface area contributed by atoms with Gasteiger partial charge in [-0.1, -0.05) is 66.7 Å². The van der Waals surface area contributed by atoms with Crippen LogP contribution in [0.1, 0.15) is 24.0 Å². The zero-order valence-corrected chi connectivity index (χ0v) is 18.2. The highest BCUT2D eigenvalue weighted by Crippen LogP contribution is 2.39. The smallest absolute Gasteiger partial charge is 0.325 e. The van der Waals surface area contributed by atoms with E-state index in [1.54, 1.807) is 0 Å². The van der Waals surface area contributed by atoms with Crippen molar-refractivity contribution in [1.82, 2.24) is 10.2 Å². The second-order valence-corrected chi connectivity index (χ2v) is 8.62. The quantitative estimate of drug-likeness (QED) is 0.568. The van der Waals surface area contributed by atoms with Crippen LogP contribution in [0, 0.1) is 0 Å². The van der Waals surface area contributed by atoms with E-state index >= 15 is 0 Å². The number of aliphatic hydroxyl groups excluding tert-OH is 1. The molecular formula is C27H26N2O4. The van der Waals surface area contributed by atoms with Crippen LogP contribution in [0.15, 0.2) is 78.9 Å². The molecule has 1 spiro atoms. The Bertz CT molecular complexity index is 1160. The van der Waals surface area contributed by atoms with Crippen molar-refractivity contribution in [1.29, 1.82) is 0 Å². The molecule has 0 radical (unpaired) electrons. The lowest BCUT2D eigenvalue weighted by atomic mass is 9.76. The molecule has 2 atom stereocenters. The van der Waals surface area contributed by atoms with Crippen LogP contribution in [0.2, 0.25) is 0 Å². The highest BCUT2D eigenvalue weighted by Gasteiger charge is 2.54. The summed E-state index contributed by atoms with van der Waals surface area (Å²) in [4.78, 5) is 27.1. The van der Waals surface area contributed by atoms with Gasteiger partial charge in [0.1, 0.15) is 24.0 Å². The molecule has 0 saturated carbocycles. The van der Waals surface area contributed by atoms with Crippen LogP contribution >= 0.6 is 0 Å². The van der Waals surface area contributed by atoms with Crippen LogP contribution in [-0.2, 0) is 16.8 Å². The highest BCUT2D eigenvalue weighted by atomic mass is 16.5. The fourth-order valence-electron chi connectivity index (χ4n) is 4.81. The van der Waals surface area contributed by atoms with Crippen molar-refractivity contribution in [2.45, 2.75) is 30.9 Å². The summed E-state index contributed by atoms with van der Waals surface area (Å²) in [6.07, 6.45) is 1.27. The molecule has 6 nitrogen and oxygen atoms in total. The Hall–Kier alpha value is -3.64. The standard InChI is InChI=1S/C27H26N2O4/c30-22(18-33-23-14-12-20(13-15-23)19-7-2-1-3-8-19)17-29-25(31)27(28-26(29)32)16-6-10-21-9-4-5-11-24(21)27/h1-5,7-9,11-15,22,30H,6,10,16-18H2,(H,28,32). The molecule has 0 aromatic heterocycles. The van der Waals surface area contributed by atoms with Crippen LogP contribution in [0.25, 0.3) is 11.1 Å². The number of nitrogens with zero attached hydrogens (tertiary/aromatic N) is 1. The molecule has 1 aliphatic carbocycles. The van der Waals surface area contributed by atoms with E-state index in [1.165, 1.54) is 0 Å². The lowest BCUT2D eigenvalue weighted by molar-refractivity contribution is -0.133. The van der Waals surface area contributed by atoms with Crippen LogP contribution in [-0.4, -0.2) is 41.2 Å². The average molecular weight is 443 g/mol. The van der Waals surface area contributed by atoms with Gasteiger partial charge in [0.15, 0.2) is 0 Å². The van der Waals surface area contributed by atoms with Gasteiger partial charge in [-0.2, -0.15) is 0 Å². The predicted molar refractivity (Wildman–Crippen MR) is 125 cm³/mol. The number of hydrogen-bond donors (Lipinski definition) is 2. The van der Waals surface area contributed by atoms with Gasteiger partial charge in [0, 0.05) is 0 Å². The Balaban J connectivity index is 1.22. The number of benzene rings is 3. The van der Waals surface area contributed by atoms with Crippen molar-refractivity contribution in [3.63, 3.8) is 0 Å². The lowest BCUT2D eigenvalue weighted by Gasteiger charge is -2.33. The minimum Gasteiger partial charge on any atom is -0.491 e. The summed E-state index contributed by atoms with van der Waals surface area (Å²) < 4.78 is 5.71. The van der Waals surface area contributed by atoms with Crippen molar-refractivity contribution >= 4 is 11.9 Å². The van der Waals surface area contributed by atoms with Crippen LogP contribution in [0.3, 0.4) is 0 Å². The Morgan fingerprint density at radius 2 is 1.64 bits per heavy atom. The average Bonchev–Trinajstić information content (AvgIpc) is 3.08. The van der Waals surface area contributed by atoms with Crippen LogP contribution in [0.4, 0.5) is 4.79 Å². The third kappa shape index (κ3) is 3.98. The molecule has 2 aliphatic rings. The molecule has 6 heteroatoms. The first-order chi connectivity index (χ1) is 16.1. The molecule has 1 heterocycles. The van der Waals surface area contributed by atoms with Crippen molar-refractivity contribution in [3.05, 3.63) is 90.0 Å². The van der Waals surface area contributed by atoms with Gasteiger partial charge in [-0.15, -0.1) is 0 Å². The van der Waals surface area contributed by atoms with Crippen molar-refractivity contribution in [3.8, 4) is 16.9 Å². The number of β-amino-alcohol motifs (C(OH)–C–C–N with tert-alkyl or cyclic N) is 1. The highest BCUT2D eigenvalue weighted by molar-refractivity contribution is 6.07. The van der Waals surface area contributed by atoms with E-state index in [1.807, 2.05) is 78.9 Å². The second-order valence-electron chi connectivity index (χ2n) is 8.62. The van der Waals surface area contributed by atoms with Crippen LogP contribution < -0.4 is 10.1 Å². The molecule has 1 fully saturated rings. The van der Waals surface area contributed by atoms with Gasteiger partial charge in [0.2, 0.25) is 0 Å². The number of carbonyl (C=O) groups is 2. The first kappa shape index (κ1) is 21.2. The molecule has 2 unspecified atom stereocenters. The molecule has 3 aromatic rings. The van der Waals surface area contributed by atoms with Crippen molar-refractivity contribution in [2.24, 2.45) is 0 Å². The third-order valence-electron chi connectivity index (χ3n) is 6.45. The zero-order chi connectivity index (χ0) is 22.8. The predicted octanol–water partition coefficient (Wildman–Crippen LogP) is 3.88. The van der Waals surface area contributed by atoms with Crippen molar-refractivity contribution < 1.29 is 19.4 Å². The van der Waals surface area contributed by atoms with E-state index in [0.29, 0.717) is 12.2 Å². The molecule has 0 bridgehead atoms. The Morgan fingerprint density at radius 3 is 2.42 bits per heavy atom. The summed E-state index contributed by atoms with van der Waals surface area (Å²) in [5.74, 6) is 0.314. The van der Waals surface area contributed by atoms with E-state index in [4.69, 9.17) is 4.74 Å². The molecule has 168 valence electrons. The summed E-state index contributed by atoms with van der Waals surface area (Å²) in [6.45, 7) is -0.137. The van der Waals surface area contributed by atoms with Gasteiger partial charge in [0.05, 0.1) is 6.54 Å². The molecule has 2 N–H and O–H groups in total. The molecule has 5 rings (SSSR count). The summed E-state index contributed by atoms with van der Waals surface area (Å²) in [6, 6.07) is 24.9. The monoisotopic (exact) mass is 442 g/mol. The maximum atomic E-state index is 13.3. The van der Waals surface area contributed by atoms with E-state index in [2.05, 4.69) is 5.32 Å². The van der Waals surface area contributed by atoms with Gasteiger partial charge in [-0.25, -0.2) is 4.79 Å². The van der Waals surface area contributed by atoms with E-state index in [-0.39, 0.29) is 19.1 Å². The minimum absolute atomic E-state index is 0.0225. The molecule has 1 aliphatic heterocycles. The van der Waals surface area contributed by atoms with Gasteiger partial charge in [-0.05, 0) is 53.6 Å². The lowest BCUT2D eigenvalue weighted by Crippen LogP contribution is -2.47. The van der Waals surface area contributed by atoms with E-state index in [9.17, 15) is 14.7 Å². The maximum absolute atomic E-state index is 13.3. The molecule has 3 amide bonds. The number of amides is 3. The number of hydrogen-bond acceptors (Lipinski definition) is 4. The number of ether oxygens (including phenoxy) is 1. The topological polar surface area (TPSA) is 78.9 Å². The number of imide groups is 1. The molecular weight excluding hydrogens is 416 g/mol. The number of aryl methyl sites for hydroxylation is 1. The largest absolute Gasteiger partial charge is 0.491 e. The van der Waals surface area contributed by atoms with Gasteiger partial charge in [-0.3, -0.25) is 9.69 Å².